The molecular weight excluding hydrogens is 243 g/mol. The highest BCUT2D eigenvalue weighted by Gasteiger charge is 2.29. The van der Waals surface area contributed by atoms with Gasteiger partial charge in [0.1, 0.15) is 0 Å². The Hall–Kier alpha value is -1.07. The first kappa shape index (κ1) is 13.4. The normalized spacial score (nSPS) is 20.9. The van der Waals surface area contributed by atoms with Crippen molar-refractivity contribution in [2.45, 2.75) is 25.1 Å². The van der Waals surface area contributed by atoms with Crippen molar-refractivity contribution >= 4 is 0 Å². The number of nitrogens with one attached hydrogen (secondary N) is 1. The lowest BCUT2D eigenvalue weighted by molar-refractivity contribution is -0.137. The second kappa shape index (κ2) is 5.71. The molecule has 0 aliphatic carbocycles. The van der Waals surface area contributed by atoms with Crippen LogP contribution in [-0.4, -0.2) is 25.8 Å². The van der Waals surface area contributed by atoms with Crippen molar-refractivity contribution in [3.8, 4) is 0 Å². The molecule has 0 bridgehead atoms. The van der Waals surface area contributed by atoms with E-state index < -0.39 is 11.7 Å². The summed E-state index contributed by atoms with van der Waals surface area (Å²) in [4.78, 5) is 0. The molecule has 2 rings (SSSR count). The van der Waals surface area contributed by atoms with Gasteiger partial charge in [-0.1, -0.05) is 12.1 Å². The van der Waals surface area contributed by atoms with Crippen molar-refractivity contribution in [3.05, 3.63) is 35.4 Å². The SMILES string of the molecule is FC(F)(F)c1ccc(CCC2COCCN2)cc1. The van der Waals surface area contributed by atoms with Gasteiger partial charge < -0.3 is 10.1 Å². The molecule has 1 fully saturated rings. The van der Waals surface area contributed by atoms with E-state index in [1.807, 2.05) is 0 Å². The zero-order valence-electron chi connectivity index (χ0n) is 9.96. The summed E-state index contributed by atoms with van der Waals surface area (Å²) in [5, 5.41) is 3.32. The molecule has 1 unspecified atom stereocenters. The number of alkyl halides is 3. The van der Waals surface area contributed by atoms with Gasteiger partial charge in [-0.25, -0.2) is 0 Å². The van der Waals surface area contributed by atoms with Crippen LogP contribution in [0, 0.1) is 0 Å². The fourth-order valence-corrected chi connectivity index (χ4v) is 2.01. The van der Waals surface area contributed by atoms with Crippen LogP contribution in [-0.2, 0) is 17.3 Å². The smallest absolute Gasteiger partial charge is 0.379 e. The van der Waals surface area contributed by atoms with Gasteiger partial charge in [0, 0.05) is 12.6 Å². The number of halogens is 3. The van der Waals surface area contributed by atoms with E-state index in [2.05, 4.69) is 5.32 Å². The Balaban J connectivity index is 1.86. The molecule has 1 N–H and O–H groups in total. The lowest BCUT2D eigenvalue weighted by Crippen LogP contribution is -2.41. The van der Waals surface area contributed by atoms with Gasteiger partial charge in [-0.2, -0.15) is 13.2 Å². The first-order chi connectivity index (χ1) is 8.55. The Kier molecular flexibility index (Phi) is 4.24. The average Bonchev–Trinajstić information content (AvgIpc) is 2.37. The Morgan fingerprint density at radius 2 is 1.94 bits per heavy atom. The molecule has 2 nitrogen and oxygen atoms in total. The van der Waals surface area contributed by atoms with E-state index in [9.17, 15) is 13.2 Å². The van der Waals surface area contributed by atoms with Crippen LogP contribution >= 0.6 is 0 Å². The summed E-state index contributed by atoms with van der Waals surface area (Å²) in [7, 11) is 0. The van der Waals surface area contributed by atoms with E-state index in [0.29, 0.717) is 12.6 Å². The molecule has 0 saturated carbocycles. The van der Waals surface area contributed by atoms with E-state index in [1.165, 1.54) is 0 Å². The third-order valence-electron chi connectivity index (χ3n) is 3.06. The fourth-order valence-electron chi connectivity index (χ4n) is 2.01. The third kappa shape index (κ3) is 3.71. The molecule has 1 aliphatic rings. The highest BCUT2D eigenvalue weighted by atomic mass is 19.4. The molecule has 1 aromatic carbocycles. The van der Waals surface area contributed by atoms with E-state index in [-0.39, 0.29) is 0 Å². The average molecular weight is 259 g/mol. The van der Waals surface area contributed by atoms with Crippen LogP contribution in [0.5, 0.6) is 0 Å². The van der Waals surface area contributed by atoms with Gasteiger partial charge in [0.15, 0.2) is 0 Å². The molecule has 0 spiro atoms. The lowest BCUT2D eigenvalue weighted by atomic mass is 10.0. The minimum atomic E-state index is -4.25. The molecule has 18 heavy (non-hydrogen) atoms. The second-order valence-corrected chi connectivity index (χ2v) is 4.46. The van der Waals surface area contributed by atoms with E-state index >= 15 is 0 Å². The molecule has 1 atom stereocenters. The molecule has 1 saturated heterocycles. The zero-order chi connectivity index (χ0) is 13.0. The highest BCUT2D eigenvalue weighted by molar-refractivity contribution is 5.24. The van der Waals surface area contributed by atoms with Crippen LogP contribution in [0.4, 0.5) is 13.2 Å². The summed E-state index contributed by atoms with van der Waals surface area (Å²) in [5.41, 5.74) is 0.334. The molecule has 0 radical (unpaired) electrons. The summed E-state index contributed by atoms with van der Waals surface area (Å²) in [6, 6.07) is 5.68. The largest absolute Gasteiger partial charge is 0.416 e. The number of morpholine rings is 1. The zero-order valence-corrected chi connectivity index (χ0v) is 9.96. The number of hydrogen-bond acceptors (Lipinski definition) is 2. The summed E-state index contributed by atoms with van der Waals surface area (Å²) >= 11 is 0. The Morgan fingerprint density at radius 1 is 1.22 bits per heavy atom. The van der Waals surface area contributed by atoms with Crippen molar-refractivity contribution < 1.29 is 17.9 Å². The topological polar surface area (TPSA) is 21.3 Å². The predicted octanol–water partition coefficient (Wildman–Crippen LogP) is 2.63. The summed E-state index contributed by atoms with van der Waals surface area (Å²) < 4.78 is 42.4. The molecule has 0 amide bonds. The Morgan fingerprint density at radius 3 is 2.50 bits per heavy atom. The fraction of sp³-hybridized carbons (Fsp3) is 0.538. The summed E-state index contributed by atoms with van der Waals surface area (Å²) in [6.45, 7) is 2.26. The van der Waals surface area contributed by atoms with Gasteiger partial charge in [0.25, 0.3) is 0 Å². The predicted molar refractivity (Wildman–Crippen MR) is 62.4 cm³/mol. The van der Waals surface area contributed by atoms with Crippen molar-refractivity contribution in [3.63, 3.8) is 0 Å². The van der Waals surface area contributed by atoms with Crippen LogP contribution in [0.15, 0.2) is 24.3 Å². The second-order valence-electron chi connectivity index (χ2n) is 4.46. The first-order valence-corrected chi connectivity index (χ1v) is 6.03. The maximum absolute atomic E-state index is 12.4. The number of aryl methyl sites for hydroxylation is 1. The number of benzene rings is 1. The van der Waals surface area contributed by atoms with Crippen LogP contribution in [0.25, 0.3) is 0 Å². The summed E-state index contributed by atoms with van der Waals surface area (Å²) in [6.07, 6.45) is -2.61. The minimum Gasteiger partial charge on any atom is -0.379 e. The third-order valence-corrected chi connectivity index (χ3v) is 3.06. The number of hydrogen-bond donors (Lipinski definition) is 1. The molecule has 1 aliphatic heterocycles. The van der Waals surface area contributed by atoms with Crippen LogP contribution in [0.2, 0.25) is 0 Å². The van der Waals surface area contributed by atoms with Crippen LogP contribution in [0.3, 0.4) is 0 Å². The van der Waals surface area contributed by atoms with Crippen molar-refractivity contribution in [2.24, 2.45) is 0 Å². The lowest BCUT2D eigenvalue weighted by Gasteiger charge is -2.23. The van der Waals surface area contributed by atoms with Gasteiger partial charge in [-0.05, 0) is 30.5 Å². The highest BCUT2D eigenvalue weighted by Crippen LogP contribution is 2.29. The molecule has 0 aromatic heterocycles. The van der Waals surface area contributed by atoms with Gasteiger partial charge >= 0.3 is 6.18 Å². The maximum Gasteiger partial charge on any atom is 0.416 e. The molecule has 5 heteroatoms. The van der Waals surface area contributed by atoms with E-state index in [4.69, 9.17) is 4.74 Å². The monoisotopic (exact) mass is 259 g/mol. The van der Waals surface area contributed by atoms with Gasteiger partial charge in [0.2, 0.25) is 0 Å². The Bertz CT molecular complexity index is 369. The molecule has 100 valence electrons. The summed E-state index contributed by atoms with van der Waals surface area (Å²) in [5.74, 6) is 0. The molecule has 1 aromatic rings. The standard InChI is InChI=1S/C13H16F3NO/c14-13(15,16)11-4-1-10(2-5-11)3-6-12-9-18-8-7-17-12/h1-2,4-5,12,17H,3,6-9H2. The van der Waals surface area contributed by atoms with Crippen molar-refractivity contribution in [2.75, 3.05) is 19.8 Å². The minimum absolute atomic E-state index is 0.307. The first-order valence-electron chi connectivity index (χ1n) is 6.03. The number of ether oxygens (including phenoxy) is 1. The maximum atomic E-state index is 12.4. The van der Waals surface area contributed by atoms with Gasteiger partial charge in [-0.15, -0.1) is 0 Å². The van der Waals surface area contributed by atoms with Crippen molar-refractivity contribution in [1.82, 2.24) is 5.32 Å². The van der Waals surface area contributed by atoms with E-state index in [1.54, 1.807) is 12.1 Å². The molecule has 1 heterocycles. The van der Waals surface area contributed by atoms with Crippen molar-refractivity contribution in [1.29, 1.82) is 0 Å². The Labute approximate surface area is 104 Å². The van der Waals surface area contributed by atoms with Gasteiger partial charge in [0.05, 0.1) is 18.8 Å². The molecular formula is C13H16F3NO. The van der Waals surface area contributed by atoms with Crippen LogP contribution < -0.4 is 5.32 Å². The van der Waals surface area contributed by atoms with Gasteiger partial charge in [-0.3, -0.25) is 0 Å². The van der Waals surface area contributed by atoms with E-state index in [0.717, 1.165) is 43.7 Å². The quantitative estimate of drug-likeness (QED) is 0.901. The van der Waals surface area contributed by atoms with Crippen LogP contribution in [0.1, 0.15) is 17.5 Å². The number of rotatable bonds is 3.